The van der Waals surface area contributed by atoms with E-state index in [2.05, 4.69) is 9.97 Å². The van der Waals surface area contributed by atoms with Crippen LogP contribution in [0.4, 0.5) is 4.39 Å². The van der Waals surface area contributed by atoms with Crippen LogP contribution in [0.5, 0.6) is 0 Å². The van der Waals surface area contributed by atoms with Gasteiger partial charge < -0.3 is 4.74 Å². The minimum absolute atomic E-state index is 0.139. The number of fused-ring (bicyclic) bond motifs is 1. The van der Waals surface area contributed by atoms with E-state index in [1.54, 1.807) is 6.20 Å². The monoisotopic (exact) mass is 358 g/mol. The van der Waals surface area contributed by atoms with Gasteiger partial charge >= 0.3 is 5.97 Å². The van der Waals surface area contributed by atoms with Crippen molar-refractivity contribution in [2.75, 3.05) is 0 Å². The molecule has 4 rings (SSSR count). The molecular weight excluding hydrogens is 343 g/mol. The van der Waals surface area contributed by atoms with Crippen molar-refractivity contribution in [3.05, 3.63) is 95.9 Å². The van der Waals surface area contributed by atoms with Gasteiger partial charge in [0.1, 0.15) is 12.4 Å². The molecule has 5 heteroatoms. The first-order valence-electron chi connectivity index (χ1n) is 8.43. The smallest absolute Gasteiger partial charge is 0.338 e. The molecule has 0 radical (unpaired) electrons. The molecule has 0 N–H and O–H groups in total. The maximum absolute atomic E-state index is 12.9. The van der Waals surface area contributed by atoms with Gasteiger partial charge in [-0.2, -0.15) is 0 Å². The number of rotatable bonds is 4. The number of ether oxygens (including phenoxy) is 1. The molecule has 0 bridgehead atoms. The lowest BCUT2D eigenvalue weighted by Crippen LogP contribution is -2.05. The van der Waals surface area contributed by atoms with Crippen LogP contribution in [-0.2, 0) is 11.3 Å². The summed E-state index contributed by atoms with van der Waals surface area (Å²) in [4.78, 5) is 21.0. The van der Waals surface area contributed by atoms with Crippen LogP contribution in [0.1, 0.15) is 15.9 Å². The molecule has 0 unspecified atom stereocenters. The van der Waals surface area contributed by atoms with Crippen molar-refractivity contribution in [1.29, 1.82) is 0 Å². The van der Waals surface area contributed by atoms with Crippen LogP contribution in [-0.4, -0.2) is 15.9 Å². The first-order chi connectivity index (χ1) is 13.2. The summed E-state index contributed by atoms with van der Waals surface area (Å²) in [6.45, 7) is 0.139. The number of esters is 1. The number of halogens is 1. The van der Waals surface area contributed by atoms with Crippen molar-refractivity contribution in [3.8, 4) is 11.3 Å². The van der Waals surface area contributed by atoms with Gasteiger partial charge in [0, 0.05) is 5.56 Å². The Morgan fingerprint density at radius 2 is 1.59 bits per heavy atom. The van der Waals surface area contributed by atoms with Gasteiger partial charge in [-0.05, 0) is 42.0 Å². The Morgan fingerprint density at radius 3 is 2.33 bits per heavy atom. The van der Waals surface area contributed by atoms with E-state index in [1.165, 1.54) is 24.3 Å². The molecule has 0 amide bonds. The van der Waals surface area contributed by atoms with Crippen molar-refractivity contribution in [1.82, 2.24) is 9.97 Å². The largest absolute Gasteiger partial charge is 0.457 e. The van der Waals surface area contributed by atoms with Crippen molar-refractivity contribution >= 4 is 17.0 Å². The van der Waals surface area contributed by atoms with Crippen LogP contribution < -0.4 is 0 Å². The Balaban J connectivity index is 1.45. The molecule has 4 nitrogen and oxygen atoms in total. The number of benzene rings is 3. The highest BCUT2D eigenvalue weighted by atomic mass is 19.1. The molecule has 0 saturated carbocycles. The second-order valence-electron chi connectivity index (χ2n) is 6.02. The zero-order valence-corrected chi connectivity index (χ0v) is 14.3. The molecule has 0 spiro atoms. The number of nitrogens with zero attached hydrogens (tertiary/aromatic N) is 2. The van der Waals surface area contributed by atoms with Crippen molar-refractivity contribution in [3.63, 3.8) is 0 Å². The lowest BCUT2D eigenvalue weighted by atomic mass is 10.1. The van der Waals surface area contributed by atoms with Gasteiger partial charge in [0.2, 0.25) is 0 Å². The average Bonchev–Trinajstić information content (AvgIpc) is 2.72. The fourth-order valence-corrected chi connectivity index (χ4v) is 2.69. The number of hydrogen-bond donors (Lipinski definition) is 0. The van der Waals surface area contributed by atoms with Gasteiger partial charge in [-0.3, -0.25) is 4.98 Å². The lowest BCUT2D eigenvalue weighted by molar-refractivity contribution is 0.0472. The second-order valence-corrected chi connectivity index (χ2v) is 6.02. The van der Waals surface area contributed by atoms with Gasteiger partial charge in [-0.25, -0.2) is 14.2 Å². The zero-order chi connectivity index (χ0) is 18.6. The van der Waals surface area contributed by atoms with E-state index in [0.29, 0.717) is 5.56 Å². The van der Waals surface area contributed by atoms with E-state index >= 15 is 0 Å². The molecule has 132 valence electrons. The Kier molecular flexibility index (Phi) is 4.58. The molecule has 0 fully saturated rings. The fraction of sp³-hybridized carbons (Fsp3) is 0.0455. The third-order valence-electron chi connectivity index (χ3n) is 4.15. The molecule has 1 heterocycles. The predicted octanol–water partition coefficient (Wildman–Crippen LogP) is 4.79. The highest BCUT2D eigenvalue weighted by Crippen LogP contribution is 2.20. The molecule has 1 aromatic heterocycles. The van der Waals surface area contributed by atoms with Crippen LogP contribution in [0.3, 0.4) is 0 Å². The molecule has 0 aliphatic rings. The Bertz CT molecular complexity index is 1090. The summed E-state index contributed by atoms with van der Waals surface area (Å²) in [7, 11) is 0. The van der Waals surface area contributed by atoms with Gasteiger partial charge in [0.05, 0.1) is 28.5 Å². The molecule has 27 heavy (non-hydrogen) atoms. The van der Waals surface area contributed by atoms with Crippen LogP contribution in [0.25, 0.3) is 22.3 Å². The van der Waals surface area contributed by atoms with Crippen LogP contribution in [0.15, 0.2) is 79.0 Å². The molecule has 4 aromatic rings. The quantitative estimate of drug-likeness (QED) is 0.492. The van der Waals surface area contributed by atoms with E-state index in [1.807, 2.05) is 48.5 Å². The molecular formula is C22H15FN2O2. The summed E-state index contributed by atoms with van der Waals surface area (Å²) in [5.74, 6) is -0.876. The van der Waals surface area contributed by atoms with Crippen LogP contribution >= 0.6 is 0 Å². The highest BCUT2D eigenvalue weighted by molar-refractivity contribution is 5.89. The molecule has 0 aliphatic heterocycles. The van der Waals surface area contributed by atoms with Crippen molar-refractivity contribution in [2.45, 2.75) is 6.61 Å². The van der Waals surface area contributed by atoms with E-state index in [-0.39, 0.29) is 12.4 Å². The average molecular weight is 358 g/mol. The highest BCUT2D eigenvalue weighted by Gasteiger charge is 2.08. The molecule has 0 saturated heterocycles. The Labute approximate surface area is 155 Å². The Morgan fingerprint density at radius 1 is 0.889 bits per heavy atom. The lowest BCUT2D eigenvalue weighted by Gasteiger charge is -2.07. The minimum atomic E-state index is -0.487. The van der Waals surface area contributed by atoms with Crippen LogP contribution in [0.2, 0.25) is 0 Å². The third kappa shape index (κ3) is 3.82. The summed E-state index contributed by atoms with van der Waals surface area (Å²) < 4.78 is 18.2. The standard InChI is InChI=1S/C22H15FN2O2/c23-18-11-9-17(10-12-18)22(26)27-14-15-5-7-16(8-6-15)21-13-24-19-3-1-2-4-20(19)25-21/h1-13H,14H2. The summed E-state index contributed by atoms with van der Waals surface area (Å²) in [6.07, 6.45) is 1.74. The fourth-order valence-electron chi connectivity index (χ4n) is 2.69. The van der Waals surface area contributed by atoms with Crippen molar-refractivity contribution < 1.29 is 13.9 Å². The number of aromatic nitrogens is 2. The number of carbonyl (C=O) groups excluding carboxylic acids is 1. The summed E-state index contributed by atoms with van der Waals surface area (Å²) >= 11 is 0. The maximum atomic E-state index is 12.9. The number of carbonyl (C=O) groups is 1. The third-order valence-corrected chi connectivity index (χ3v) is 4.15. The van der Waals surface area contributed by atoms with Gasteiger partial charge in [0.15, 0.2) is 0 Å². The predicted molar refractivity (Wildman–Crippen MR) is 100 cm³/mol. The van der Waals surface area contributed by atoms with E-state index in [0.717, 1.165) is 27.9 Å². The first kappa shape index (κ1) is 16.8. The summed E-state index contributed by atoms with van der Waals surface area (Å²) in [5.41, 5.74) is 4.57. The maximum Gasteiger partial charge on any atom is 0.338 e. The van der Waals surface area contributed by atoms with E-state index < -0.39 is 5.97 Å². The SMILES string of the molecule is O=C(OCc1ccc(-c2cnc3ccccc3n2)cc1)c1ccc(F)cc1. The normalized spacial score (nSPS) is 10.7. The molecule has 3 aromatic carbocycles. The molecule has 0 aliphatic carbocycles. The number of para-hydroxylation sites is 2. The van der Waals surface area contributed by atoms with Gasteiger partial charge in [0.25, 0.3) is 0 Å². The topological polar surface area (TPSA) is 52.1 Å². The second kappa shape index (κ2) is 7.33. The summed E-state index contributed by atoms with van der Waals surface area (Å²) in [5, 5.41) is 0. The first-order valence-corrected chi connectivity index (χ1v) is 8.43. The Hall–Kier alpha value is -3.60. The van der Waals surface area contributed by atoms with Crippen LogP contribution in [0, 0.1) is 5.82 Å². The summed E-state index contributed by atoms with van der Waals surface area (Å²) in [6, 6.07) is 20.6. The zero-order valence-electron chi connectivity index (χ0n) is 14.3. The molecule has 0 atom stereocenters. The number of hydrogen-bond acceptors (Lipinski definition) is 4. The van der Waals surface area contributed by atoms with E-state index in [4.69, 9.17) is 4.74 Å². The van der Waals surface area contributed by atoms with E-state index in [9.17, 15) is 9.18 Å². The van der Waals surface area contributed by atoms with Gasteiger partial charge in [-0.15, -0.1) is 0 Å². The minimum Gasteiger partial charge on any atom is -0.457 e. The van der Waals surface area contributed by atoms with Crippen molar-refractivity contribution in [2.24, 2.45) is 0 Å². The van der Waals surface area contributed by atoms with Gasteiger partial charge in [-0.1, -0.05) is 36.4 Å².